The first-order valence-electron chi connectivity index (χ1n) is 4.36. The minimum absolute atomic E-state index is 0.296. The number of hydrogen-bond acceptors (Lipinski definition) is 2. The van der Waals surface area contributed by atoms with Gasteiger partial charge >= 0.3 is 0 Å². The van der Waals surface area contributed by atoms with Crippen LogP contribution in [0.25, 0.3) is 10.1 Å². The van der Waals surface area contributed by atoms with Crippen molar-refractivity contribution in [2.45, 2.75) is 13.3 Å². The van der Waals surface area contributed by atoms with Gasteiger partial charge in [-0.1, -0.05) is 13.0 Å². The minimum Gasteiger partial charge on any atom is -0.206 e. The summed E-state index contributed by atoms with van der Waals surface area (Å²) in [7, 11) is 0. The zero-order chi connectivity index (χ0) is 10.1. The van der Waals surface area contributed by atoms with Gasteiger partial charge in [0.25, 0.3) is 0 Å². The molecule has 0 saturated heterocycles. The van der Waals surface area contributed by atoms with Gasteiger partial charge in [0, 0.05) is 15.5 Å². The number of nitriles is 1. The van der Waals surface area contributed by atoms with Crippen molar-refractivity contribution >= 4 is 21.4 Å². The van der Waals surface area contributed by atoms with Crippen molar-refractivity contribution < 1.29 is 4.39 Å². The number of nitrogens with zero attached hydrogens (tertiary/aromatic N) is 1. The smallest absolute Gasteiger partial charge is 0.133 e. The standard InChI is InChI=1S/C11H8FNS/c1-2-7-3-4-9(12)10-8(5-13)6-14-11(7)10/h3-4,6H,2H2,1H3. The van der Waals surface area contributed by atoms with E-state index in [1.807, 2.05) is 13.0 Å². The molecule has 1 aromatic carbocycles. The maximum Gasteiger partial charge on any atom is 0.133 e. The molecule has 0 fully saturated rings. The van der Waals surface area contributed by atoms with Crippen LogP contribution in [0.3, 0.4) is 0 Å². The summed E-state index contributed by atoms with van der Waals surface area (Å²) in [6.45, 7) is 2.03. The molecule has 0 amide bonds. The fourth-order valence-corrected chi connectivity index (χ4v) is 2.62. The molecule has 1 nitrogen and oxygen atoms in total. The van der Waals surface area contributed by atoms with Gasteiger partial charge in [-0.15, -0.1) is 11.3 Å². The van der Waals surface area contributed by atoms with E-state index in [4.69, 9.17) is 5.26 Å². The lowest BCUT2D eigenvalue weighted by Crippen LogP contribution is -1.84. The van der Waals surface area contributed by atoms with Gasteiger partial charge in [0.1, 0.15) is 11.9 Å². The zero-order valence-corrected chi connectivity index (χ0v) is 8.49. The van der Waals surface area contributed by atoms with Crippen LogP contribution in [0.5, 0.6) is 0 Å². The fourth-order valence-electron chi connectivity index (χ4n) is 1.52. The number of aryl methyl sites for hydroxylation is 1. The first kappa shape index (κ1) is 9.17. The lowest BCUT2D eigenvalue weighted by Gasteiger charge is -1.99. The van der Waals surface area contributed by atoms with Crippen LogP contribution >= 0.6 is 11.3 Å². The van der Waals surface area contributed by atoms with Gasteiger partial charge in [-0.3, -0.25) is 0 Å². The second-order valence-electron chi connectivity index (χ2n) is 3.03. The molecule has 0 atom stereocenters. The molecule has 1 heterocycles. The van der Waals surface area contributed by atoms with Crippen LogP contribution in [0.1, 0.15) is 18.1 Å². The Morgan fingerprint density at radius 3 is 2.93 bits per heavy atom. The number of thiophene rings is 1. The van der Waals surface area contributed by atoms with E-state index in [2.05, 4.69) is 0 Å². The predicted octanol–water partition coefficient (Wildman–Crippen LogP) is 3.47. The molecule has 0 aliphatic carbocycles. The van der Waals surface area contributed by atoms with E-state index in [0.29, 0.717) is 10.9 Å². The van der Waals surface area contributed by atoms with Crippen LogP contribution in [0.15, 0.2) is 17.5 Å². The molecule has 0 aliphatic rings. The van der Waals surface area contributed by atoms with Crippen LogP contribution in [0.4, 0.5) is 4.39 Å². The maximum atomic E-state index is 13.4. The first-order valence-corrected chi connectivity index (χ1v) is 5.24. The Labute approximate surface area is 85.4 Å². The maximum absolute atomic E-state index is 13.4. The number of hydrogen-bond donors (Lipinski definition) is 0. The SMILES string of the molecule is CCc1ccc(F)c2c(C#N)csc12. The molecular weight excluding hydrogens is 197 g/mol. The molecule has 14 heavy (non-hydrogen) atoms. The summed E-state index contributed by atoms with van der Waals surface area (Å²) in [6, 6.07) is 5.24. The lowest BCUT2D eigenvalue weighted by molar-refractivity contribution is 0.639. The van der Waals surface area contributed by atoms with E-state index < -0.39 is 0 Å². The van der Waals surface area contributed by atoms with Crippen molar-refractivity contribution in [2.75, 3.05) is 0 Å². The highest BCUT2D eigenvalue weighted by Crippen LogP contribution is 2.31. The third kappa shape index (κ3) is 1.19. The fraction of sp³-hybridized carbons (Fsp3) is 0.182. The van der Waals surface area contributed by atoms with Gasteiger partial charge in [-0.05, 0) is 18.1 Å². The van der Waals surface area contributed by atoms with Gasteiger partial charge in [0.15, 0.2) is 0 Å². The van der Waals surface area contributed by atoms with Gasteiger partial charge in [0.05, 0.1) is 5.56 Å². The van der Waals surface area contributed by atoms with E-state index in [0.717, 1.165) is 16.7 Å². The largest absolute Gasteiger partial charge is 0.206 e. The molecule has 2 aromatic rings. The van der Waals surface area contributed by atoms with Crippen LogP contribution in [-0.2, 0) is 6.42 Å². The van der Waals surface area contributed by atoms with Crippen molar-refractivity contribution in [2.24, 2.45) is 0 Å². The third-order valence-corrected chi connectivity index (χ3v) is 3.31. The van der Waals surface area contributed by atoms with Crippen molar-refractivity contribution in [1.29, 1.82) is 5.26 Å². The van der Waals surface area contributed by atoms with Crippen LogP contribution in [-0.4, -0.2) is 0 Å². The van der Waals surface area contributed by atoms with E-state index >= 15 is 0 Å². The molecular formula is C11H8FNS. The van der Waals surface area contributed by atoms with E-state index in [1.165, 1.54) is 17.4 Å². The summed E-state index contributed by atoms with van der Waals surface area (Å²) in [5.74, 6) is -0.296. The predicted molar refractivity (Wildman–Crippen MR) is 55.9 cm³/mol. The third-order valence-electron chi connectivity index (χ3n) is 2.25. The molecule has 3 heteroatoms. The molecule has 1 aromatic heterocycles. The van der Waals surface area contributed by atoms with E-state index in [1.54, 1.807) is 11.4 Å². The second-order valence-corrected chi connectivity index (χ2v) is 3.91. The summed E-state index contributed by atoms with van der Waals surface area (Å²) >= 11 is 1.44. The Morgan fingerprint density at radius 2 is 2.29 bits per heavy atom. The quantitative estimate of drug-likeness (QED) is 0.699. The highest BCUT2D eigenvalue weighted by molar-refractivity contribution is 7.17. The second kappa shape index (κ2) is 3.39. The van der Waals surface area contributed by atoms with Gasteiger partial charge in [-0.25, -0.2) is 4.39 Å². The van der Waals surface area contributed by atoms with Crippen molar-refractivity contribution in [3.05, 3.63) is 34.5 Å². The Balaban J connectivity index is 2.89. The molecule has 2 rings (SSSR count). The van der Waals surface area contributed by atoms with Crippen LogP contribution in [0, 0.1) is 17.1 Å². The molecule has 0 aliphatic heterocycles. The zero-order valence-electron chi connectivity index (χ0n) is 7.67. The van der Waals surface area contributed by atoms with E-state index in [-0.39, 0.29) is 5.82 Å². The Kier molecular flexibility index (Phi) is 2.22. The average Bonchev–Trinajstić information content (AvgIpc) is 2.63. The minimum atomic E-state index is -0.296. The molecule has 0 bridgehead atoms. The van der Waals surface area contributed by atoms with Gasteiger partial charge < -0.3 is 0 Å². The van der Waals surface area contributed by atoms with Gasteiger partial charge in [0.2, 0.25) is 0 Å². The normalized spacial score (nSPS) is 10.4. The highest BCUT2D eigenvalue weighted by atomic mass is 32.1. The molecule has 0 radical (unpaired) electrons. The van der Waals surface area contributed by atoms with Crippen LogP contribution < -0.4 is 0 Å². The number of halogens is 1. The molecule has 0 saturated carbocycles. The number of fused-ring (bicyclic) bond motifs is 1. The van der Waals surface area contributed by atoms with E-state index in [9.17, 15) is 4.39 Å². The van der Waals surface area contributed by atoms with Gasteiger partial charge in [-0.2, -0.15) is 5.26 Å². The van der Waals surface area contributed by atoms with Crippen LogP contribution in [0.2, 0.25) is 0 Å². The monoisotopic (exact) mass is 205 g/mol. The van der Waals surface area contributed by atoms with Crippen molar-refractivity contribution in [1.82, 2.24) is 0 Å². The average molecular weight is 205 g/mol. The summed E-state index contributed by atoms with van der Waals surface area (Å²) in [6.07, 6.45) is 0.863. The number of benzene rings is 1. The Hall–Kier alpha value is -1.40. The summed E-state index contributed by atoms with van der Waals surface area (Å²) in [5.41, 5.74) is 1.55. The summed E-state index contributed by atoms with van der Waals surface area (Å²) in [4.78, 5) is 0. The molecule has 0 spiro atoms. The summed E-state index contributed by atoms with van der Waals surface area (Å²) in [5, 5.41) is 11.0. The first-order chi connectivity index (χ1) is 6.77. The topological polar surface area (TPSA) is 23.8 Å². The molecule has 70 valence electrons. The Morgan fingerprint density at radius 1 is 1.50 bits per heavy atom. The van der Waals surface area contributed by atoms with Crippen molar-refractivity contribution in [3.63, 3.8) is 0 Å². The lowest BCUT2D eigenvalue weighted by atomic mass is 10.1. The van der Waals surface area contributed by atoms with Crippen molar-refractivity contribution in [3.8, 4) is 6.07 Å². The summed E-state index contributed by atoms with van der Waals surface area (Å²) < 4.78 is 14.3. The highest BCUT2D eigenvalue weighted by Gasteiger charge is 2.11. The number of rotatable bonds is 1. The Bertz CT molecular complexity index is 522. The molecule has 0 N–H and O–H groups in total. The molecule has 0 unspecified atom stereocenters.